The second kappa shape index (κ2) is 11.0. The van der Waals surface area contributed by atoms with E-state index in [0.717, 1.165) is 0 Å². The molecule has 0 fully saturated rings. The Labute approximate surface area is 242 Å². The zero-order valence-electron chi connectivity index (χ0n) is 22.0. The normalized spacial score (nSPS) is 12.9. The number of nitrogens with zero attached hydrogens (tertiary/aromatic N) is 2. The van der Waals surface area contributed by atoms with Crippen LogP contribution in [-0.4, -0.2) is 20.4 Å². The molecule has 0 saturated heterocycles. The van der Waals surface area contributed by atoms with Gasteiger partial charge < -0.3 is 20.4 Å². The minimum Gasteiger partial charge on any atom is -0.507 e. The van der Waals surface area contributed by atoms with Crippen molar-refractivity contribution in [1.82, 2.24) is 0 Å². The molecule has 0 aliphatic heterocycles. The maximum Gasteiger partial charge on any atom is 0.122 e. The number of para-hydroxylation sites is 3. The third kappa shape index (κ3) is 5.47. The Hall–Kier alpha value is -4.81. The van der Waals surface area contributed by atoms with Gasteiger partial charge in [0.15, 0.2) is 0 Å². The van der Waals surface area contributed by atoms with Gasteiger partial charge in [-0.3, -0.25) is 0 Å². The molecule has 8 bridgehead atoms. The van der Waals surface area contributed by atoms with Crippen molar-refractivity contribution in [1.29, 1.82) is 0 Å². The average molecular weight is 563 g/mol. The van der Waals surface area contributed by atoms with Crippen LogP contribution < -0.4 is 0 Å². The van der Waals surface area contributed by atoms with Crippen molar-refractivity contribution in [2.75, 3.05) is 0 Å². The zero-order chi connectivity index (χ0) is 28.5. The van der Waals surface area contributed by atoms with Crippen LogP contribution in [0.4, 0.5) is 11.4 Å². The van der Waals surface area contributed by atoms with E-state index in [4.69, 9.17) is 11.6 Å². The van der Waals surface area contributed by atoms with E-state index in [-0.39, 0.29) is 35.8 Å². The third-order valence-corrected chi connectivity index (χ3v) is 7.75. The van der Waals surface area contributed by atoms with E-state index in [1.165, 1.54) is 0 Å². The molecule has 6 nitrogen and oxygen atoms in total. The predicted molar refractivity (Wildman–Crippen MR) is 159 cm³/mol. The van der Waals surface area contributed by atoms with Gasteiger partial charge in [0, 0.05) is 41.8 Å². The third-order valence-electron chi connectivity index (χ3n) is 7.49. The van der Waals surface area contributed by atoms with Crippen LogP contribution in [0.1, 0.15) is 44.5 Å². The van der Waals surface area contributed by atoms with Gasteiger partial charge in [0.1, 0.15) is 23.0 Å². The first kappa shape index (κ1) is 26.4. The van der Waals surface area contributed by atoms with Crippen molar-refractivity contribution < 1.29 is 20.4 Å². The van der Waals surface area contributed by atoms with Crippen LogP contribution >= 0.6 is 11.6 Å². The van der Waals surface area contributed by atoms with Gasteiger partial charge in [-0.25, -0.2) is 0 Å². The van der Waals surface area contributed by atoms with Crippen LogP contribution in [0.15, 0.2) is 101 Å². The van der Waals surface area contributed by atoms with Crippen molar-refractivity contribution in [3.8, 4) is 23.0 Å². The lowest BCUT2D eigenvalue weighted by molar-refractivity contribution is 0.450. The highest BCUT2D eigenvalue weighted by atomic mass is 35.5. The Balaban J connectivity index is 1.51. The molecular formula is C34H27ClN2O4. The summed E-state index contributed by atoms with van der Waals surface area (Å²) in [6.07, 6.45) is 1.11. The number of phenols is 4. The quantitative estimate of drug-likeness (QED) is 0.159. The highest BCUT2D eigenvalue weighted by Crippen LogP contribution is 2.39. The van der Waals surface area contributed by atoms with E-state index >= 15 is 0 Å². The van der Waals surface area contributed by atoms with Gasteiger partial charge in [-0.05, 0) is 69.8 Å². The summed E-state index contributed by atoms with van der Waals surface area (Å²) >= 11 is 6.00. The molecule has 4 N–H and O–H groups in total. The summed E-state index contributed by atoms with van der Waals surface area (Å²) in [5, 5.41) is 54.3. The van der Waals surface area contributed by atoms with Gasteiger partial charge in [0.25, 0.3) is 0 Å². The van der Waals surface area contributed by atoms with Gasteiger partial charge in [-0.1, -0.05) is 66.2 Å². The molecule has 6 rings (SSSR count). The number of rotatable bonds is 2. The van der Waals surface area contributed by atoms with Crippen molar-refractivity contribution in [2.45, 2.75) is 25.7 Å². The lowest BCUT2D eigenvalue weighted by Crippen LogP contribution is -2.00. The summed E-state index contributed by atoms with van der Waals surface area (Å²) in [7, 11) is 0. The smallest absolute Gasteiger partial charge is 0.122 e. The van der Waals surface area contributed by atoms with E-state index in [9.17, 15) is 20.4 Å². The maximum absolute atomic E-state index is 11.4. The van der Waals surface area contributed by atoms with E-state index in [0.29, 0.717) is 73.7 Å². The molecule has 0 spiro atoms. The van der Waals surface area contributed by atoms with Crippen LogP contribution in [0.5, 0.6) is 23.0 Å². The van der Waals surface area contributed by atoms with Crippen molar-refractivity contribution in [3.05, 3.63) is 141 Å². The first-order valence-corrected chi connectivity index (χ1v) is 13.6. The van der Waals surface area contributed by atoms with Crippen LogP contribution in [0.3, 0.4) is 0 Å². The Morgan fingerprint density at radius 3 is 1.12 bits per heavy atom. The Morgan fingerprint density at radius 2 is 0.732 bits per heavy atom. The Morgan fingerprint density at radius 1 is 0.415 bits per heavy atom. The SMILES string of the molecule is Oc1c2cccc1Cc1cccc(c1O)Cc1cc(N=Nc3ccc(Cl)cc3)cc(c1O)Cc1cccc(c1O)C2. The fraction of sp³-hybridized carbons (Fsp3) is 0.118. The van der Waals surface area contributed by atoms with Gasteiger partial charge in [0.05, 0.1) is 11.4 Å². The van der Waals surface area contributed by atoms with Gasteiger partial charge in [0.2, 0.25) is 0 Å². The highest BCUT2D eigenvalue weighted by Gasteiger charge is 2.19. The van der Waals surface area contributed by atoms with Gasteiger partial charge >= 0.3 is 0 Å². The second-order valence-electron chi connectivity index (χ2n) is 10.3. The highest BCUT2D eigenvalue weighted by molar-refractivity contribution is 6.30. The first-order valence-electron chi connectivity index (χ1n) is 13.3. The summed E-state index contributed by atoms with van der Waals surface area (Å²) in [6, 6.07) is 27.0. The molecule has 0 saturated carbocycles. The van der Waals surface area contributed by atoms with Gasteiger partial charge in [-0.15, -0.1) is 0 Å². The molecule has 1 aliphatic carbocycles. The first-order chi connectivity index (χ1) is 19.9. The molecule has 1 aliphatic rings. The van der Waals surface area contributed by atoms with E-state index < -0.39 is 0 Å². The molecule has 5 aromatic rings. The molecule has 0 unspecified atom stereocenters. The molecule has 7 heteroatoms. The zero-order valence-corrected chi connectivity index (χ0v) is 22.8. The van der Waals surface area contributed by atoms with E-state index in [2.05, 4.69) is 10.2 Å². The van der Waals surface area contributed by atoms with Gasteiger partial charge in [-0.2, -0.15) is 10.2 Å². The number of halogens is 1. The van der Waals surface area contributed by atoms with Crippen molar-refractivity contribution in [2.24, 2.45) is 10.2 Å². The number of benzene rings is 5. The number of hydrogen-bond acceptors (Lipinski definition) is 6. The fourth-order valence-corrected chi connectivity index (χ4v) is 5.43. The Bertz CT molecular complexity index is 1700. The summed E-state index contributed by atoms with van der Waals surface area (Å²) in [5.41, 5.74) is 6.19. The summed E-state index contributed by atoms with van der Waals surface area (Å²) in [4.78, 5) is 0. The maximum atomic E-state index is 11.4. The molecule has 0 amide bonds. The fourth-order valence-electron chi connectivity index (χ4n) is 5.30. The molecule has 5 aromatic carbocycles. The monoisotopic (exact) mass is 562 g/mol. The minimum absolute atomic E-state index is 0.0695. The minimum atomic E-state index is 0.0695. The largest absolute Gasteiger partial charge is 0.507 e. The van der Waals surface area contributed by atoms with Crippen LogP contribution in [0.25, 0.3) is 0 Å². The molecule has 0 heterocycles. The Kier molecular flexibility index (Phi) is 7.08. The number of azo groups is 1. The summed E-state index contributed by atoms with van der Waals surface area (Å²) < 4.78 is 0. The summed E-state index contributed by atoms with van der Waals surface area (Å²) in [6.45, 7) is 0. The molecular weight excluding hydrogens is 536 g/mol. The number of hydrogen-bond donors (Lipinski definition) is 4. The lowest BCUT2D eigenvalue weighted by Gasteiger charge is -2.17. The van der Waals surface area contributed by atoms with Crippen molar-refractivity contribution in [3.63, 3.8) is 0 Å². The van der Waals surface area contributed by atoms with Crippen LogP contribution in [0.2, 0.25) is 5.02 Å². The number of aromatic hydroxyl groups is 4. The molecule has 41 heavy (non-hydrogen) atoms. The van der Waals surface area contributed by atoms with E-state index in [1.54, 1.807) is 36.4 Å². The van der Waals surface area contributed by atoms with Crippen molar-refractivity contribution >= 4 is 23.0 Å². The molecule has 204 valence electrons. The average Bonchev–Trinajstić information content (AvgIpc) is 2.96. The van der Waals surface area contributed by atoms with Crippen LogP contribution in [-0.2, 0) is 25.7 Å². The summed E-state index contributed by atoms with van der Waals surface area (Å²) in [5.74, 6) is 0.440. The lowest BCUT2D eigenvalue weighted by atomic mass is 9.91. The molecule has 0 radical (unpaired) electrons. The number of phenolic OH excluding ortho intramolecular Hbond substituents is 4. The topological polar surface area (TPSA) is 106 Å². The van der Waals surface area contributed by atoms with Crippen LogP contribution in [0, 0.1) is 0 Å². The van der Waals surface area contributed by atoms with E-state index in [1.807, 2.05) is 54.6 Å². The standard InChI is InChI=1S/C34H27ClN2O4/c35-28-10-12-29(13-11-28)36-37-30-18-26-16-24-8-2-6-22(32(24)39)14-20-4-1-5-21(31(20)38)15-23-7-3-9-25(33(23)40)17-27(19-30)34(26)41/h1-13,18-19,38-41H,14-17H2. The second-order valence-corrected chi connectivity index (χ2v) is 10.7. The molecule has 0 atom stereocenters. The predicted octanol–water partition coefficient (Wildman–Crippen LogP) is 8.25. The molecule has 0 aromatic heterocycles. The number of fused-ring (bicyclic) bond motifs is 8.